The van der Waals surface area contributed by atoms with Crippen molar-refractivity contribution in [2.24, 2.45) is 0 Å². The highest BCUT2D eigenvalue weighted by Crippen LogP contribution is 2.41. The Hall–Kier alpha value is -3.48. The molecule has 2 amide bonds. The molecule has 1 atom stereocenters. The molecule has 5 heterocycles. The first-order valence-electron chi connectivity index (χ1n) is 15.4. The van der Waals surface area contributed by atoms with Gasteiger partial charge in [0, 0.05) is 34.0 Å². The van der Waals surface area contributed by atoms with Crippen molar-refractivity contribution >= 4 is 34.5 Å². The zero-order valence-corrected chi connectivity index (χ0v) is 27.8. The van der Waals surface area contributed by atoms with E-state index < -0.39 is 0 Å². The van der Waals surface area contributed by atoms with Crippen LogP contribution >= 0.6 is 22.7 Å². The number of amides is 2. The summed E-state index contributed by atoms with van der Waals surface area (Å²) in [5.74, 6) is 0.237. The fourth-order valence-electron chi connectivity index (χ4n) is 6.60. The van der Waals surface area contributed by atoms with Gasteiger partial charge < -0.3 is 19.8 Å². The Labute approximate surface area is 271 Å². The van der Waals surface area contributed by atoms with Crippen molar-refractivity contribution in [3.63, 3.8) is 0 Å². The van der Waals surface area contributed by atoms with Crippen LogP contribution in [0.5, 0.6) is 0 Å². The van der Waals surface area contributed by atoms with Gasteiger partial charge in [0.05, 0.1) is 56.8 Å². The third kappa shape index (κ3) is 5.83. The van der Waals surface area contributed by atoms with Gasteiger partial charge in [0.15, 0.2) is 0 Å². The number of fused-ring (bicyclic) bond motifs is 2. The van der Waals surface area contributed by atoms with Crippen LogP contribution < -0.4 is 0 Å². The highest BCUT2D eigenvalue weighted by Gasteiger charge is 2.31. The summed E-state index contributed by atoms with van der Waals surface area (Å²) >= 11 is 3.38. The number of β-amino-alcohol motifs (C(OH)–C–C–N with tert-alkyl or cyclic N) is 1. The van der Waals surface area contributed by atoms with Crippen molar-refractivity contribution in [2.45, 2.75) is 52.6 Å². The van der Waals surface area contributed by atoms with Gasteiger partial charge in [-0.2, -0.15) is 0 Å². The Morgan fingerprint density at radius 3 is 1.80 bits per heavy atom. The third-order valence-electron chi connectivity index (χ3n) is 9.09. The lowest BCUT2D eigenvalue weighted by Crippen LogP contribution is -2.37. The van der Waals surface area contributed by atoms with Crippen LogP contribution in [0.15, 0.2) is 36.4 Å². The molecule has 4 aromatic rings. The largest absolute Gasteiger partial charge is 0.392 e. The molecule has 2 aromatic heterocycles. The number of thiazole rings is 2. The van der Waals surface area contributed by atoms with Gasteiger partial charge in [0.2, 0.25) is 11.8 Å². The van der Waals surface area contributed by atoms with Gasteiger partial charge in [-0.1, -0.05) is 36.4 Å². The zero-order chi connectivity index (χ0) is 31.4. The number of aliphatic hydroxyl groups is 1. The molecule has 1 N–H and O–H groups in total. The minimum atomic E-state index is -0.321. The Morgan fingerprint density at radius 1 is 0.822 bits per heavy atom. The molecular weight excluding hydrogens is 605 g/mol. The van der Waals surface area contributed by atoms with Gasteiger partial charge in [-0.3, -0.25) is 14.5 Å². The van der Waals surface area contributed by atoms with Crippen LogP contribution in [0.3, 0.4) is 0 Å². The average Bonchev–Trinajstić information content (AvgIpc) is 3.80. The summed E-state index contributed by atoms with van der Waals surface area (Å²) in [6.07, 6.45) is 0.415. The highest BCUT2D eigenvalue weighted by molar-refractivity contribution is 7.15. The van der Waals surface area contributed by atoms with Gasteiger partial charge in [0.25, 0.3) is 0 Å². The van der Waals surface area contributed by atoms with E-state index in [-0.39, 0.29) is 17.9 Å². The van der Waals surface area contributed by atoms with Gasteiger partial charge >= 0.3 is 0 Å². The molecule has 45 heavy (non-hydrogen) atoms. The maximum Gasteiger partial charge on any atom is 0.237 e. The van der Waals surface area contributed by atoms with Crippen LogP contribution in [0.1, 0.15) is 38.7 Å². The standard InChI is InChI=1S/C34H38N6O3S2/c1-20-23(7-5-9-25(20)33-35-27-14-39(16-29(27)44-33)31(42)18-37(3)4)24-8-6-10-26(21(24)2)34-36-28-15-40(17-30(28)45-34)32(43)19-38-12-11-22(41)13-38/h5-10,22,41H,11-19H2,1-4H3. The summed E-state index contributed by atoms with van der Waals surface area (Å²) in [5, 5.41) is 11.8. The fourth-order valence-corrected chi connectivity index (χ4v) is 8.94. The zero-order valence-electron chi connectivity index (χ0n) is 26.2. The first-order valence-corrected chi connectivity index (χ1v) is 17.1. The SMILES string of the molecule is Cc1c(-c2nc3c(s2)CN(C(=O)CN(C)C)C3)cccc1-c1cccc(-c2nc3c(s2)CN(C(=O)CN2CCC(O)C2)C3)c1C. The van der Waals surface area contributed by atoms with E-state index in [0.717, 1.165) is 50.4 Å². The second-order valence-corrected chi connectivity index (χ2v) is 14.8. The highest BCUT2D eigenvalue weighted by atomic mass is 32.1. The van der Waals surface area contributed by atoms with Crippen LogP contribution in [0, 0.1) is 13.8 Å². The summed E-state index contributed by atoms with van der Waals surface area (Å²) in [4.78, 5) is 45.5. The van der Waals surface area contributed by atoms with E-state index >= 15 is 0 Å². The fraction of sp³-hybridized carbons (Fsp3) is 0.412. The van der Waals surface area contributed by atoms with E-state index in [1.807, 2.05) is 33.7 Å². The van der Waals surface area contributed by atoms with E-state index in [0.29, 0.717) is 45.8 Å². The van der Waals surface area contributed by atoms with Gasteiger partial charge in [-0.15, -0.1) is 22.7 Å². The molecule has 1 saturated heterocycles. The molecule has 0 aliphatic carbocycles. The van der Waals surface area contributed by atoms with Gasteiger partial charge in [-0.05, 0) is 56.6 Å². The number of likely N-dealkylation sites (tertiary alicyclic amines) is 1. The van der Waals surface area contributed by atoms with E-state index in [9.17, 15) is 14.7 Å². The molecule has 0 saturated carbocycles. The monoisotopic (exact) mass is 642 g/mol. The van der Waals surface area contributed by atoms with Gasteiger partial charge in [0.1, 0.15) is 10.0 Å². The van der Waals surface area contributed by atoms with Crippen molar-refractivity contribution in [2.75, 3.05) is 40.3 Å². The molecule has 9 nitrogen and oxygen atoms in total. The normalized spacial score (nSPS) is 17.9. The summed E-state index contributed by atoms with van der Waals surface area (Å²) in [5.41, 5.74) is 8.98. The van der Waals surface area contributed by atoms with Crippen LogP contribution in [0.2, 0.25) is 0 Å². The topological polar surface area (TPSA) is 93.1 Å². The first-order chi connectivity index (χ1) is 21.6. The van der Waals surface area contributed by atoms with E-state index in [1.165, 1.54) is 27.1 Å². The number of aromatic nitrogens is 2. The number of benzene rings is 2. The molecule has 3 aliphatic heterocycles. The van der Waals surface area contributed by atoms with E-state index in [4.69, 9.17) is 9.97 Å². The molecule has 2 aromatic carbocycles. The lowest BCUT2D eigenvalue weighted by atomic mass is 9.91. The maximum atomic E-state index is 12.9. The second-order valence-electron chi connectivity index (χ2n) is 12.6. The number of rotatable bonds is 7. The smallest absolute Gasteiger partial charge is 0.237 e. The molecular formula is C34H38N6O3S2. The quantitative estimate of drug-likeness (QED) is 0.317. The Kier molecular flexibility index (Phi) is 8.07. The summed E-state index contributed by atoms with van der Waals surface area (Å²) < 4.78 is 0. The molecule has 234 valence electrons. The molecule has 0 radical (unpaired) electrons. The molecule has 11 heteroatoms. The number of nitrogens with zero attached hydrogens (tertiary/aromatic N) is 6. The predicted molar refractivity (Wildman–Crippen MR) is 178 cm³/mol. The first kappa shape index (κ1) is 30.2. The molecule has 0 spiro atoms. The molecule has 1 fully saturated rings. The molecule has 0 bridgehead atoms. The van der Waals surface area contributed by atoms with Gasteiger partial charge in [-0.25, -0.2) is 9.97 Å². The summed E-state index contributed by atoms with van der Waals surface area (Å²) in [7, 11) is 3.83. The molecule has 1 unspecified atom stereocenters. The average molecular weight is 643 g/mol. The van der Waals surface area contributed by atoms with Crippen molar-refractivity contribution in [1.82, 2.24) is 29.6 Å². The van der Waals surface area contributed by atoms with Crippen LogP contribution in [0.25, 0.3) is 32.3 Å². The number of aliphatic hydroxyl groups excluding tert-OH is 1. The Balaban J connectivity index is 1.09. The minimum Gasteiger partial charge on any atom is -0.392 e. The summed E-state index contributed by atoms with van der Waals surface area (Å²) in [6.45, 7) is 8.80. The van der Waals surface area contributed by atoms with Crippen molar-refractivity contribution in [3.05, 3.63) is 68.7 Å². The van der Waals surface area contributed by atoms with Crippen molar-refractivity contribution in [3.8, 4) is 32.3 Å². The predicted octanol–water partition coefficient (Wildman–Crippen LogP) is 4.53. The maximum absolute atomic E-state index is 12.9. The second kappa shape index (κ2) is 12.0. The number of likely N-dealkylation sites (N-methyl/N-ethyl adjacent to an activating group) is 1. The number of carbonyl (C=O) groups excluding carboxylic acids is 2. The third-order valence-corrected chi connectivity index (χ3v) is 11.3. The van der Waals surface area contributed by atoms with E-state index in [1.54, 1.807) is 22.7 Å². The number of hydrogen-bond donors (Lipinski definition) is 1. The van der Waals surface area contributed by atoms with Crippen LogP contribution in [-0.2, 0) is 35.8 Å². The number of hydrogen-bond acceptors (Lipinski definition) is 9. The van der Waals surface area contributed by atoms with Crippen LogP contribution in [0.4, 0.5) is 0 Å². The summed E-state index contributed by atoms with van der Waals surface area (Å²) in [6, 6.07) is 12.9. The lowest BCUT2D eigenvalue weighted by molar-refractivity contribution is -0.133. The Bertz CT molecular complexity index is 1750. The van der Waals surface area contributed by atoms with Crippen molar-refractivity contribution in [1.29, 1.82) is 0 Å². The van der Waals surface area contributed by atoms with Crippen molar-refractivity contribution < 1.29 is 14.7 Å². The lowest BCUT2D eigenvalue weighted by Gasteiger charge is -2.20. The number of carbonyl (C=O) groups is 2. The molecule has 3 aliphatic rings. The molecule has 7 rings (SSSR count). The minimum absolute atomic E-state index is 0.102. The van der Waals surface area contributed by atoms with E-state index in [2.05, 4.69) is 50.2 Å². The Morgan fingerprint density at radius 2 is 1.33 bits per heavy atom. The van der Waals surface area contributed by atoms with Crippen LogP contribution in [-0.4, -0.2) is 92.9 Å².